The first-order chi connectivity index (χ1) is 16.2. The van der Waals surface area contributed by atoms with Crippen molar-refractivity contribution in [3.8, 4) is 11.3 Å². The van der Waals surface area contributed by atoms with Crippen LogP contribution in [-0.2, 0) is 18.3 Å². The Morgan fingerprint density at radius 2 is 1.61 bits per heavy atom. The van der Waals surface area contributed by atoms with Gasteiger partial charge in [-0.2, -0.15) is 0 Å². The summed E-state index contributed by atoms with van der Waals surface area (Å²) >= 11 is 0. The fourth-order valence-corrected chi connectivity index (χ4v) is 4.22. The van der Waals surface area contributed by atoms with E-state index in [-0.39, 0.29) is 11.9 Å². The lowest BCUT2D eigenvalue weighted by Crippen LogP contribution is -2.31. The average Bonchev–Trinajstić information content (AvgIpc) is 3.47. The summed E-state index contributed by atoms with van der Waals surface area (Å²) in [6.45, 7) is 0. The molecule has 5 nitrogen and oxygen atoms in total. The van der Waals surface area contributed by atoms with E-state index in [2.05, 4.69) is 39.1 Å². The number of aryl methyl sites for hydroxylation is 2. The summed E-state index contributed by atoms with van der Waals surface area (Å²) in [7, 11) is 2.00. The molecular formula is C28H26N4O. The minimum atomic E-state index is -0.320. The standard InChI is InChI=1S/C28H26N4O/c1-32-25-15-9-8-14-24(25)30-28(32)27(21-12-6-3-7-13-21)31-26(33)19-17-22-16-18-23(29-22)20-10-4-2-5-11-20/h2-16,18,27,29H,17,19H2,1H3,(H,31,33). The second-order valence-electron chi connectivity index (χ2n) is 8.19. The first kappa shape index (κ1) is 20.8. The highest BCUT2D eigenvalue weighted by Gasteiger charge is 2.22. The van der Waals surface area contributed by atoms with Crippen LogP contribution >= 0.6 is 0 Å². The zero-order valence-corrected chi connectivity index (χ0v) is 18.5. The molecule has 5 aromatic rings. The lowest BCUT2D eigenvalue weighted by atomic mass is 10.1. The van der Waals surface area contributed by atoms with Gasteiger partial charge in [-0.15, -0.1) is 0 Å². The summed E-state index contributed by atoms with van der Waals surface area (Å²) in [4.78, 5) is 21.3. The van der Waals surface area contributed by atoms with Gasteiger partial charge in [0.2, 0.25) is 5.91 Å². The highest BCUT2D eigenvalue weighted by Crippen LogP contribution is 2.25. The molecule has 164 valence electrons. The molecule has 0 saturated heterocycles. The van der Waals surface area contributed by atoms with Crippen LogP contribution in [0.15, 0.2) is 97.1 Å². The molecule has 2 heterocycles. The number of benzene rings is 3. The normalized spacial score (nSPS) is 12.0. The minimum Gasteiger partial charge on any atom is -0.358 e. The average molecular weight is 435 g/mol. The summed E-state index contributed by atoms with van der Waals surface area (Å²) in [6, 6.07) is 32.0. The third-order valence-corrected chi connectivity index (χ3v) is 5.97. The van der Waals surface area contributed by atoms with Gasteiger partial charge in [0.15, 0.2) is 0 Å². The van der Waals surface area contributed by atoms with Gasteiger partial charge in [-0.25, -0.2) is 4.98 Å². The van der Waals surface area contributed by atoms with Crippen molar-refractivity contribution < 1.29 is 4.79 Å². The number of hydrogen-bond acceptors (Lipinski definition) is 2. The van der Waals surface area contributed by atoms with E-state index >= 15 is 0 Å². The summed E-state index contributed by atoms with van der Waals surface area (Å²) in [6.07, 6.45) is 1.03. The van der Waals surface area contributed by atoms with Crippen molar-refractivity contribution in [3.05, 3.63) is 114 Å². The Balaban J connectivity index is 1.34. The number of aromatic nitrogens is 3. The Bertz CT molecular complexity index is 1370. The van der Waals surface area contributed by atoms with Gasteiger partial charge in [0, 0.05) is 24.9 Å². The highest BCUT2D eigenvalue weighted by atomic mass is 16.1. The van der Waals surface area contributed by atoms with Crippen LogP contribution in [-0.4, -0.2) is 20.4 Å². The van der Waals surface area contributed by atoms with Crippen molar-refractivity contribution in [2.75, 3.05) is 0 Å². The van der Waals surface area contributed by atoms with Crippen molar-refractivity contribution in [2.45, 2.75) is 18.9 Å². The number of carbonyl (C=O) groups is 1. The molecule has 0 aliphatic rings. The molecule has 5 heteroatoms. The Morgan fingerprint density at radius 3 is 2.36 bits per heavy atom. The van der Waals surface area contributed by atoms with Crippen LogP contribution < -0.4 is 5.32 Å². The fourth-order valence-electron chi connectivity index (χ4n) is 4.22. The van der Waals surface area contributed by atoms with Crippen molar-refractivity contribution in [2.24, 2.45) is 7.05 Å². The van der Waals surface area contributed by atoms with Crippen LogP contribution in [0.5, 0.6) is 0 Å². The monoisotopic (exact) mass is 434 g/mol. The third kappa shape index (κ3) is 4.44. The number of para-hydroxylation sites is 2. The molecule has 0 radical (unpaired) electrons. The van der Waals surface area contributed by atoms with Gasteiger partial charge in [0.1, 0.15) is 11.9 Å². The largest absolute Gasteiger partial charge is 0.358 e. The van der Waals surface area contributed by atoms with Gasteiger partial charge >= 0.3 is 0 Å². The number of aromatic amines is 1. The van der Waals surface area contributed by atoms with Gasteiger partial charge in [0.25, 0.3) is 0 Å². The Hall–Kier alpha value is -4.12. The smallest absolute Gasteiger partial charge is 0.221 e. The van der Waals surface area contributed by atoms with E-state index in [1.165, 1.54) is 0 Å². The number of fused-ring (bicyclic) bond motifs is 1. The zero-order valence-electron chi connectivity index (χ0n) is 18.5. The maximum Gasteiger partial charge on any atom is 0.221 e. The summed E-state index contributed by atoms with van der Waals surface area (Å²) in [5, 5.41) is 3.22. The molecule has 0 saturated carbocycles. The minimum absolute atomic E-state index is 0.00762. The first-order valence-corrected chi connectivity index (χ1v) is 11.2. The van der Waals surface area contributed by atoms with Crippen LogP contribution in [0.25, 0.3) is 22.3 Å². The van der Waals surface area contributed by atoms with E-state index in [1.807, 2.05) is 79.8 Å². The molecule has 2 aromatic heterocycles. The lowest BCUT2D eigenvalue weighted by molar-refractivity contribution is -0.121. The van der Waals surface area contributed by atoms with Crippen molar-refractivity contribution >= 4 is 16.9 Å². The van der Waals surface area contributed by atoms with E-state index < -0.39 is 0 Å². The maximum atomic E-state index is 13.0. The van der Waals surface area contributed by atoms with Crippen LogP contribution in [0.4, 0.5) is 0 Å². The molecular weight excluding hydrogens is 408 g/mol. The van der Waals surface area contributed by atoms with Crippen molar-refractivity contribution in [3.63, 3.8) is 0 Å². The van der Waals surface area contributed by atoms with E-state index in [1.54, 1.807) is 0 Å². The quantitative estimate of drug-likeness (QED) is 0.360. The van der Waals surface area contributed by atoms with Gasteiger partial charge in [0.05, 0.1) is 11.0 Å². The number of rotatable bonds is 7. The van der Waals surface area contributed by atoms with E-state index in [0.29, 0.717) is 12.8 Å². The van der Waals surface area contributed by atoms with Gasteiger partial charge in [-0.05, 0) is 41.8 Å². The number of imidazole rings is 1. The van der Waals surface area contributed by atoms with Gasteiger partial charge in [-0.1, -0.05) is 72.8 Å². The van der Waals surface area contributed by atoms with Gasteiger partial charge < -0.3 is 14.9 Å². The molecule has 3 aromatic carbocycles. The first-order valence-electron chi connectivity index (χ1n) is 11.2. The topological polar surface area (TPSA) is 62.7 Å². The van der Waals surface area contributed by atoms with E-state index in [9.17, 15) is 4.79 Å². The third-order valence-electron chi connectivity index (χ3n) is 5.97. The highest BCUT2D eigenvalue weighted by molar-refractivity contribution is 5.79. The SMILES string of the molecule is Cn1c(C(NC(=O)CCc2ccc(-c3ccccc3)[nH]2)c2ccccc2)nc2ccccc21. The molecule has 0 aliphatic heterocycles. The van der Waals surface area contributed by atoms with Crippen LogP contribution in [0.1, 0.15) is 29.5 Å². The lowest BCUT2D eigenvalue weighted by Gasteiger charge is -2.19. The molecule has 1 atom stereocenters. The summed E-state index contributed by atoms with van der Waals surface area (Å²) in [5.74, 6) is 0.814. The predicted molar refractivity (Wildman–Crippen MR) is 132 cm³/mol. The molecule has 0 spiro atoms. The zero-order chi connectivity index (χ0) is 22.6. The molecule has 0 fully saturated rings. The molecule has 5 rings (SSSR count). The molecule has 1 unspecified atom stereocenters. The Kier molecular flexibility index (Phi) is 5.77. The molecule has 0 bridgehead atoms. The maximum absolute atomic E-state index is 13.0. The Morgan fingerprint density at radius 1 is 0.909 bits per heavy atom. The van der Waals surface area contributed by atoms with Crippen LogP contribution in [0, 0.1) is 0 Å². The fraction of sp³-hybridized carbons (Fsp3) is 0.143. The van der Waals surface area contributed by atoms with Gasteiger partial charge in [-0.3, -0.25) is 4.79 Å². The molecule has 33 heavy (non-hydrogen) atoms. The number of nitrogens with one attached hydrogen (secondary N) is 2. The number of carbonyl (C=O) groups excluding carboxylic acids is 1. The molecule has 2 N–H and O–H groups in total. The number of hydrogen-bond donors (Lipinski definition) is 2. The predicted octanol–water partition coefficient (Wildman–Crippen LogP) is 5.41. The van der Waals surface area contributed by atoms with Crippen LogP contribution in [0.2, 0.25) is 0 Å². The number of nitrogens with zero attached hydrogens (tertiary/aromatic N) is 2. The van der Waals surface area contributed by atoms with E-state index in [0.717, 1.165) is 39.4 Å². The van der Waals surface area contributed by atoms with Crippen molar-refractivity contribution in [1.29, 1.82) is 0 Å². The summed E-state index contributed by atoms with van der Waals surface area (Å²) in [5.41, 5.74) is 6.22. The second-order valence-corrected chi connectivity index (χ2v) is 8.19. The van der Waals surface area contributed by atoms with Crippen molar-refractivity contribution in [1.82, 2.24) is 19.9 Å². The molecule has 0 aliphatic carbocycles. The molecule has 1 amide bonds. The number of H-pyrrole nitrogens is 1. The Labute approximate surface area is 193 Å². The second kappa shape index (κ2) is 9.17. The summed E-state index contributed by atoms with van der Waals surface area (Å²) < 4.78 is 2.06. The van der Waals surface area contributed by atoms with Crippen LogP contribution in [0.3, 0.4) is 0 Å². The van der Waals surface area contributed by atoms with E-state index in [4.69, 9.17) is 4.98 Å². The number of amides is 1.